The van der Waals surface area contributed by atoms with E-state index in [-0.39, 0.29) is 21.2 Å². The van der Waals surface area contributed by atoms with Crippen molar-refractivity contribution in [2.24, 2.45) is 34.4 Å². The van der Waals surface area contributed by atoms with Crippen LogP contribution in [0.1, 0.15) is 11.1 Å². The van der Waals surface area contributed by atoms with Crippen LogP contribution >= 0.6 is 0 Å². The largest absolute Gasteiger partial charge is 0.398 e. The van der Waals surface area contributed by atoms with E-state index < -0.39 is 33.2 Å². The van der Waals surface area contributed by atoms with Gasteiger partial charge in [-0.05, 0) is 35.4 Å². The molecule has 11 heteroatoms. The van der Waals surface area contributed by atoms with Crippen molar-refractivity contribution in [1.29, 1.82) is 0 Å². The van der Waals surface area contributed by atoms with E-state index in [1.54, 1.807) is 48.6 Å². The molecular weight excluding hydrogens is 464 g/mol. The summed E-state index contributed by atoms with van der Waals surface area (Å²) in [5, 5.41) is 0. The smallest absolute Gasteiger partial charge is 0.211 e. The van der Waals surface area contributed by atoms with Crippen molar-refractivity contribution >= 4 is 32.4 Å². The van der Waals surface area contributed by atoms with Crippen molar-refractivity contribution in [2.45, 2.75) is 33.2 Å². The number of nitrogen functional groups attached to an aromatic ring is 2. The van der Waals surface area contributed by atoms with Crippen molar-refractivity contribution < 1.29 is 8.42 Å². The highest BCUT2D eigenvalue weighted by Gasteiger charge is 2.34. The van der Waals surface area contributed by atoms with Gasteiger partial charge in [0.05, 0.1) is 23.5 Å². The van der Waals surface area contributed by atoms with Gasteiger partial charge in [0, 0.05) is 11.1 Å². The molecule has 10 nitrogen and oxygen atoms in total. The van der Waals surface area contributed by atoms with E-state index in [9.17, 15) is 8.42 Å². The lowest BCUT2D eigenvalue weighted by atomic mass is 9.90. The molecule has 0 heterocycles. The monoisotopic (exact) mass is 494 g/mol. The quantitative estimate of drug-likeness (QED) is 0.199. The number of allylic oxidation sites excluding steroid dienone is 4. The van der Waals surface area contributed by atoms with Crippen LogP contribution in [0.25, 0.3) is 11.1 Å². The van der Waals surface area contributed by atoms with E-state index in [2.05, 4.69) is 0 Å². The first kappa shape index (κ1) is 24.8. The Labute approximate surface area is 203 Å². The van der Waals surface area contributed by atoms with Gasteiger partial charge in [0.15, 0.2) is 0 Å². The van der Waals surface area contributed by atoms with Gasteiger partial charge in [-0.15, -0.1) is 0 Å². The molecule has 2 aromatic rings. The molecule has 0 bridgehead atoms. The summed E-state index contributed by atoms with van der Waals surface area (Å²) in [5.41, 5.74) is 47.9. The van der Waals surface area contributed by atoms with Gasteiger partial charge in [0.1, 0.15) is 21.1 Å². The van der Waals surface area contributed by atoms with E-state index in [4.69, 9.17) is 45.9 Å². The summed E-state index contributed by atoms with van der Waals surface area (Å²) in [6.45, 7) is 0. The predicted octanol–water partition coefficient (Wildman–Crippen LogP) is -0.528. The summed E-state index contributed by atoms with van der Waals surface area (Å²) in [5.74, 6) is 0. The van der Waals surface area contributed by atoms with E-state index in [1.165, 1.54) is 24.3 Å². The maximum atomic E-state index is 14.2. The molecule has 2 aliphatic rings. The fourth-order valence-corrected chi connectivity index (χ4v) is 6.01. The summed E-state index contributed by atoms with van der Waals surface area (Å²) in [4.78, 5) is -0.221. The Hall–Kier alpha value is -3.29. The SMILES string of the molecule is Nc1cccc(C2=CC(N)C(N)(N)C=C2)c1S(=O)(=O)c1c(N)cccc1C1=CC(N)C(N)(N)C=C1. The summed E-state index contributed by atoms with van der Waals surface area (Å²) in [6.07, 6.45) is 9.52. The van der Waals surface area contributed by atoms with Crippen LogP contribution in [-0.4, -0.2) is 31.8 Å². The third kappa shape index (κ3) is 4.30. The predicted molar refractivity (Wildman–Crippen MR) is 140 cm³/mol. The second-order valence-electron chi connectivity index (χ2n) is 8.91. The third-order valence-electron chi connectivity index (χ3n) is 6.23. The molecule has 35 heavy (non-hydrogen) atoms. The van der Waals surface area contributed by atoms with E-state index >= 15 is 0 Å². The molecule has 0 spiro atoms. The number of hydrogen-bond acceptors (Lipinski definition) is 10. The minimum atomic E-state index is -4.26. The Bertz CT molecular complexity index is 1320. The van der Waals surface area contributed by atoms with Gasteiger partial charge >= 0.3 is 0 Å². The van der Waals surface area contributed by atoms with Crippen LogP contribution in [0, 0.1) is 0 Å². The summed E-state index contributed by atoms with van der Waals surface area (Å²) in [6, 6.07) is 8.10. The summed E-state index contributed by atoms with van der Waals surface area (Å²) in [7, 11) is -4.26. The van der Waals surface area contributed by atoms with Crippen LogP contribution in [0.3, 0.4) is 0 Å². The average molecular weight is 495 g/mol. The molecular formula is C24H30N8O2S. The lowest BCUT2D eigenvalue weighted by Crippen LogP contribution is -2.61. The van der Waals surface area contributed by atoms with Crippen molar-refractivity contribution in [2.75, 3.05) is 11.5 Å². The molecule has 2 unspecified atom stereocenters. The van der Waals surface area contributed by atoms with Crippen molar-refractivity contribution in [1.82, 2.24) is 0 Å². The van der Waals surface area contributed by atoms with Crippen LogP contribution in [0.4, 0.5) is 11.4 Å². The van der Waals surface area contributed by atoms with Gasteiger partial charge in [-0.2, -0.15) is 0 Å². The Morgan fingerprint density at radius 3 is 1.37 bits per heavy atom. The average Bonchev–Trinajstić information content (AvgIpc) is 2.77. The summed E-state index contributed by atoms with van der Waals surface area (Å²) < 4.78 is 28.4. The molecule has 2 aromatic carbocycles. The Kier molecular flexibility index (Phi) is 5.98. The molecule has 0 saturated heterocycles. The molecule has 0 aliphatic heterocycles. The molecule has 2 aliphatic carbocycles. The van der Waals surface area contributed by atoms with Crippen LogP contribution in [0.5, 0.6) is 0 Å². The van der Waals surface area contributed by atoms with Crippen LogP contribution < -0.4 is 45.9 Å². The molecule has 4 rings (SSSR count). The second-order valence-corrected chi connectivity index (χ2v) is 10.7. The molecule has 0 radical (unpaired) electrons. The van der Waals surface area contributed by atoms with Gasteiger partial charge < -0.3 is 45.9 Å². The van der Waals surface area contributed by atoms with Crippen molar-refractivity contribution in [3.63, 3.8) is 0 Å². The maximum Gasteiger partial charge on any atom is 0.211 e. The molecule has 0 amide bonds. The standard InChI is InChI=1S/C24H30N8O2S/c25-17-5-1-3-15(13-7-9-23(29,30)19(27)11-13)21(17)35(33,34)22-16(4-2-6-18(22)26)14-8-10-24(31,32)20(28)12-14/h1-12,19-20H,25-32H2. The molecule has 0 aromatic heterocycles. The zero-order valence-electron chi connectivity index (χ0n) is 18.9. The molecule has 0 saturated carbocycles. The Balaban J connectivity index is 1.93. The normalized spacial score (nSPS) is 23.0. The number of anilines is 2. The van der Waals surface area contributed by atoms with E-state index in [0.717, 1.165) is 0 Å². The highest BCUT2D eigenvalue weighted by atomic mass is 32.2. The van der Waals surface area contributed by atoms with Gasteiger partial charge in [-0.1, -0.05) is 48.6 Å². The zero-order valence-corrected chi connectivity index (χ0v) is 19.7. The first-order valence-corrected chi connectivity index (χ1v) is 12.3. The minimum Gasteiger partial charge on any atom is -0.398 e. The fourth-order valence-electron chi connectivity index (χ4n) is 4.10. The molecule has 16 N–H and O–H groups in total. The van der Waals surface area contributed by atoms with Crippen LogP contribution in [-0.2, 0) is 9.84 Å². The first-order valence-electron chi connectivity index (χ1n) is 10.8. The molecule has 184 valence electrons. The van der Waals surface area contributed by atoms with Gasteiger partial charge in [0.2, 0.25) is 9.84 Å². The lowest BCUT2D eigenvalue weighted by molar-refractivity contribution is 0.490. The molecule has 0 fully saturated rings. The highest BCUT2D eigenvalue weighted by molar-refractivity contribution is 7.92. The van der Waals surface area contributed by atoms with Gasteiger partial charge in [-0.3, -0.25) is 0 Å². The Morgan fingerprint density at radius 2 is 1.03 bits per heavy atom. The first-order chi connectivity index (χ1) is 16.3. The Morgan fingerprint density at radius 1 is 0.657 bits per heavy atom. The lowest BCUT2D eigenvalue weighted by Gasteiger charge is -2.30. The van der Waals surface area contributed by atoms with Crippen molar-refractivity contribution in [3.05, 3.63) is 84.0 Å². The van der Waals surface area contributed by atoms with E-state index in [0.29, 0.717) is 22.3 Å². The molecule has 2 atom stereocenters. The number of benzene rings is 2. The number of sulfone groups is 1. The van der Waals surface area contributed by atoms with E-state index in [1.807, 2.05) is 0 Å². The van der Waals surface area contributed by atoms with Crippen molar-refractivity contribution in [3.8, 4) is 0 Å². The highest BCUT2D eigenvalue weighted by Crippen LogP contribution is 2.40. The zero-order chi connectivity index (χ0) is 25.8. The van der Waals surface area contributed by atoms with Gasteiger partial charge in [0.25, 0.3) is 0 Å². The van der Waals surface area contributed by atoms with Crippen LogP contribution in [0.2, 0.25) is 0 Å². The second kappa shape index (κ2) is 8.43. The van der Waals surface area contributed by atoms with Gasteiger partial charge in [-0.25, -0.2) is 8.42 Å². The van der Waals surface area contributed by atoms with Crippen LogP contribution in [0.15, 0.2) is 82.6 Å². The fraction of sp³-hybridized carbons (Fsp3) is 0.167. The number of rotatable bonds is 4. The number of hydrogen-bond donors (Lipinski definition) is 8. The maximum absolute atomic E-state index is 14.2. The third-order valence-corrected chi connectivity index (χ3v) is 8.21. The summed E-state index contributed by atoms with van der Waals surface area (Å²) >= 11 is 0. The topological polar surface area (TPSA) is 242 Å². The number of nitrogens with two attached hydrogens (primary N) is 8. The minimum absolute atomic E-state index is 0.0460.